The Morgan fingerprint density at radius 3 is 2.67 bits per heavy atom. The molecule has 1 atom stereocenters. The Morgan fingerprint density at radius 2 is 1.87 bits per heavy atom. The highest BCUT2D eigenvalue weighted by Crippen LogP contribution is 2.33. The van der Waals surface area contributed by atoms with Crippen LogP contribution in [0.3, 0.4) is 0 Å². The second kappa shape index (κ2) is 7.60. The minimum atomic E-state index is -0.118. The first-order chi connectivity index (χ1) is 14.8. The topological polar surface area (TPSA) is 97.3 Å². The van der Waals surface area contributed by atoms with Crippen molar-refractivity contribution in [1.29, 1.82) is 0 Å². The molecular formula is C21H19N5O4. The fourth-order valence-electron chi connectivity index (χ4n) is 3.46. The van der Waals surface area contributed by atoms with Gasteiger partial charge in [-0.3, -0.25) is 0 Å². The smallest absolute Gasteiger partial charge is 0.262 e. The third-order valence-corrected chi connectivity index (χ3v) is 5.06. The van der Waals surface area contributed by atoms with Gasteiger partial charge in [0.15, 0.2) is 5.69 Å². The predicted octanol–water partition coefficient (Wildman–Crippen LogP) is 3.28. The Bertz CT molecular complexity index is 1170. The second-order valence-corrected chi connectivity index (χ2v) is 6.76. The number of fused-ring (bicyclic) bond motifs is 1. The van der Waals surface area contributed by atoms with Crippen LogP contribution in [0.15, 0.2) is 53.1 Å². The molecule has 152 valence electrons. The molecule has 0 saturated carbocycles. The number of hydrogen-bond donors (Lipinski definition) is 0. The molecule has 0 radical (unpaired) electrons. The van der Waals surface area contributed by atoms with Crippen LogP contribution in [0.4, 0.5) is 0 Å². The summed E-state index contributed by atoms with van der Waals surface area (Å²) in [4.78, 5) is 4.49. The van der Waals surface area contributed by atoms with Crippen molar-refractivity contribution in [1.82, 2.24) is 25.1 Å². The van der Waals surface area contributed by atoms with E-state index in [0.717, 1.165) is 22.6 Å². The van der Waals surface area contributed by atoms with Gasteiger partial charge in [-0.2, -0.15) is 4.98 Å². The van der Waals surface area contributed by atoms with E-state index in [0.29, 0.717) is 36.3 Å². The van der Waals surface area contributed by atoms with Gasteiger partial charge in [0.25, 0.3) is 5.89 Å². The van der Waals surface area contributed by atoms with Crippen LogP contribution in [0.1, 0.15) is 17.4 Å². The SMILES string of the molecule is COc1ccc([C@@H]2Cn3nnc(-c4noc(-c5ccccc5OC)n4)c3CO2)cc1. The molecule has 0 saturated heterocycles. The minimum Gasteiger partial charge on any atom is -0.497 e. The lowest BCUT2D eigenvalue weighted by molar-refractivity contribution is -0.00114. The van der Waals surface area contributed by atoms with Gasteiger partial charge < -0.3 is 18.7 Å². The molecule has 30 heavy (non-hydrogen) atoms. The fraction of sp³-hybridized carbons (Fsp3) is 0.238. The van der Waals surface area contributed by atoms with E-state index in [1.165, 1.54) is 0 Å². The molecule has 2 aromatic heterocycles. The molecule has 1 aliphatic heterocycles. The van der Waals surface area contributed by atoms with E-state index in [1.54, 1.807) is 14.2 Å². The lowest BCUT2D eigenvalue weighted by Crippen LogP contribution is -2.22. The van der Waals surface area contributed by atoms with Crippen LogP contribution in [0.25, 0.3) is 23.0 Å². The Balaban J connectivity index is 1.40. The summed E-state index contributed by atoms with van der Waals surface area (Å²) in [7, 11) is 3.24. The molecule has 5 rings (SSSR count). The maximum atomic E-state index is 6.06. The van der Waals surface area contributed by atoms with Gasteiger partial charge in [0.05, 0.1) is 38.6 Å². The quantitative estimate of drug-likeness (QED) is 0.499. The summed E-state index contributed by atoms with van der Waals surface area (Å²) in [5.74, 6) is 2.19. The molecule has 0 fully saturated rings. The van der Waals surface area contributed by atoms with Gasteiger partial charge in [-0.25, -0.2) is 4.68 Å². The zero-order valence-corrected chi connectivity index (χ0v) is 16.5. The first kappa shape index (κ1) is 18.3. The molecule has 3 heterocycles. The number of para-hydroxylation sites is 1. The Kier molecular flexibility index (Phi) is 4.64. The van der Waals surface area contributed by atoms with Crippen molar-refractivity contribution in [2.75, 3.05) is 14.2 Å². The van der Waals surface area contributed by atoms with E-state index in [9.17, 15) is 0 Å². The number of ether oxygens (including phenoxy) is 3. The van der Waals surface area contributed by atoms with E-state index in [4.69, 9.17) is 18.7 Å². The van der Waals surface area contributed by atoms with Crippen LogP contribution in [0, 0.1) is 0 Å². The number of benzene rings is 2. The summed E-state index contributed by atoms with van der Waals surface area (Å²) < 4.78 is 23.9. The van der Waals surface area contributed by atoms with Crippen LogP contribution in [0.2, 0.25) is 0 Å². The Hall–Kier alpha value is -3.72. The Labute approximate surface area is 172 Å². The van der Waals surface area contributed by atoms with Crippen LogP contribution < -0.4 is 9.47 Å². The average Bonchev–Trinajstić information content (AvgIpc) is 3.45. The molecule has 0 unspecified atom stereocenters. The molecule has 0 spiro atoms. The molecule has 1 aliphatic rings. The van der Waals surface area contributed by atoms with Crippen molar-refractivity contribution in [3.63, 3.8) is 0 Å². The maximum absolute atomic E-state index is 6.06. The molecule has 4 aromatic rings. The normalized spacial score (nSPS) is 15.6. The molecule has 2 aromatic carbocycles. The zero-order valence-electron chi connectivity index (χ0n) is 16.5. The number of aromatic nitrogens is 5. The highest BCUT2D eigenvalue weighted by atomic mass is 16.5. The van der Waals surface area contributed by atoms with E-state index in [2.05, 4.69) is 20.5 Å². The molecule has 9 nitrogen and oxygen atoms in total. The lowest BCUT2D eigenvalue weighted by atomic mass is 10.1. The van der Waals surface area contributed by atoms with Crippen molar-refractivity contribution >= 4 is 0 Å². The van der Waals surface area contributed by atoms with E-state index < -0.39 is 0 Å². The summed E-state index contributed by atoms with van der Waals surface area (Å²) in [6, 6.07) is 15.3. The van der Waals surface area contributed by atoms with Crippen molar-refractivity contribution in [3.05, 3.63) is 59.8 Å². The number of nitrogens with zero attached hydrogens (tertiary/aromatic N) is 5. The fourth-order valence-corrected chi connectivity index (χ4v) is 3.46. The molecular weight excluding hydrogens is 386 g/mol. The molecule has 0 bridgehead atoms. The van der Waals surface area contributed by atoms with Crippen LogP contribution in [-0.2, 0) is 17.9 Å². The average molecular weight is 405 g/mol. The van der Waals surface area contributed by atoms with Crippen molar-refractivity contribution in [2.24, 2.45) is 0 Å². The zero-order chi connectivity index (χ0) is 20.5. The summed E-state index contributed by atoms with van der Waals surface area (Å²) in [6.45, 7) is 0.892. The maximum Gasteiger partial charge on any atom is 0.262 e. The summed E-state index contributed by atoms with van der Waals surface area (Å²) in [6.07, 6.45) is -0.118. The van der Waals surface area contributed by atoms with Gasteiger partial charge in [-0.1, -0.05) is 34.6 Å². The van der Waals surface area contributed by atoms with E-state index in [1.807, 2.05) is 53.2 Å². The molecule has 0 aliphatic carbocycles. The summed E-state index contributed by atoms with van der Waals surface area (Å²) in [5, 5.41) is 12.6. The Morgan fingerprint density at radius 1 is 1.03 bits per heavy atom. The molecule has 0 N–H and O–H groups in total. The van der Waals surface area contributed by atoms with Gasteiger partial charge >= 0.3 is 0 Å². The summed E-state index contributed by atoms with van der Waals surface area (Å²) in [5.41, 5.74) is 3.13. The van der Waals surface area contributed by atoms with Crippen molar-refractivity contribution in [3.8, 4) is 34.5 Å². The third kappa shape index (κ3) is 3.18. The van der Waals surface area contributed by atoms with Gasteiger partial charge in [-0.05, 0) is 29.8 Å². The van der Waals surface area contributed by atoms with Crippen LogP contribution in [0.5, 0.6) is 11.5 Å². The van der Waals surface area contributed by atoms with Crippen molar-refractivity contribution in [2.45, 2.75) is 19.3 Å². The van der Waals surface area contributed by atoms with Crippen LogP contribution in [-0.4, -0.2) is 39.4 Å². The monoisotopic (exact) mass is 405 g/mol. The predicted molar refractivity (Wildman–Crippen MR) is 106 cm³/mol. The van der Waals surface area contributed by atoms with Crippen molar-refractivity contribution < 1.29 is 18.7 Å². The third-order valence-electron chi connectivity index (χ3n) is 5.06. The van der Waals surface area contributed by atoms with Gasteiger partial charge in [0.1, 0.15) is 17.6 Å². The summed E-state index contributed by atoms with van der Waals surface area (Å²) >= 11 is 0. The number of methoxy groups -OCH3 is 2. The number of hydrogen-bond acceptors (Lipinski definition) is 8. The van der Waals surface area contributed by atoms with E-state index in [-0.39, 0.29) is 6.10 Å². The molecule has 9 heteroatoms. The first-order valence-corrected chi connectivity index (χ1v) is 9.42. The standard InChI is InChI=1S/C21H19N5O4/c1-27-14-9-7-13(8-10-14)18-11-26-16(12-29-18)19(23-25-26)20-22-21(30-24-20)15-5-3-4-6-17(15)28-2/h3-10,18H,11-12H2,1-2H3/t18-/m0/s1. The van der Waals surface area contributed by atoms with Gasteiger partial charge in [-0.15, -0.1) is 5.10 Å². The van der Waals surface area contributed by atoms with Gasteiger partial charge in [0, 0.05) is 0 Å². The van der Waals surface area contributed by atoms with Gasteiger partial charge in [0.2, 0.25) is 5.82 Å². The minimum absolute atomic E-state index is 0.118. The van der Waals surface area contributed by atoms with E-state index >= 15 is 0 Å². The highest BCUT2D eigenvalue weighted by Gasteiger charge is 2.28. The first-order valence-electron chi connectivity index (χ1n) is 9.42. The molecule has 0 amide bonds. The largest absolute Gasteiger partial charge is 0.497 e. The highest BCUT2D eigenvalue weighted by molar-refractivity contribution is 5.64. The second-order valence-electron chi connectivity index (χ2n) is 6.76. The lowest BCUT2D eigenvalue weighted by Gasteiger charge is -2.24. The number of rotatable bonds is 5. The van der Waals surface area contributed by atoms with Crippen LogP contribution >= 0.6 is 0 Å².